The van der Waals surface area contributed by atoms with Crippen molar-refractivity contribution in [3.05, 3.63) is 28.2 Å². The van der Waals surface area contributed by atoms with Crippen LogP contribution in [-0.4, -0.2) is 23.7 Å². The fourth-order valence-corrected chi connectivity index (χ4v) is 2.28. The second-order valence-corrected chi connectivity index (χ2v) is 4.63. The highest BCUT2D eigenvalue weighted by Gasteiger charge is 2.26. The zero-order valence-corrected chi connectivity index (χ0v) is 10.0. The highest BCUT2D eigenvalue weighted by Crippen LogP contribution is 2.31. The summed E-state index contributed by atoms with van der Waals surface area (Å²) in [6.07, 6.45) is 0.193. The number of hydrogen-bond donors (Lipinski definition) is 1. The summed E-state index contributed by atoms with van der Waals surface area (Å²) in [6.45, 7) is 0.487. The number of anilines is 1. The molecule has 0 bridgehead atoms. The number of benzene rings is 1. The third-order valence-corrected chi connectivity index (χ3v) is 3.14. The van der Waals surface area contributed by atoms with Gasteiger partial charge < -0.3 is 10.0 Å². The molecule has 1 N–H and O–H groups in total. The molecule has 5 heteroatoms. The first-order valence-electron chi connectivity index (χ1n) is 5.01. The summed E-state index contributed by atoms with van der Waals surface area (Å²) in [6, 6.07) is 5.03. The van der Waals surface area contributed by atoms with E-state index in [1.807, 2.05) is 0 Å². The van der Waals surface area contributed by atoms with Crippen LogP contribution in [0.1, 0.15) is 12.8 Å². The zero-order valence-electron chi connectivity index (χ0n) is 8.49. The van der Waals surface area contributed by atoms with E-state index in [1.54, 1.807) is 23.1 Å². The van der Waals surface area contributed by atoms with Gasteiger partial charge in [-0.25, -0.2) is 0 Å². The van der Waals surface area contributed by atoms with Crippen LogP contribution in [-0.2, 0) is 4.79 Å². The van der Waals surface area contributed by atoms with Crippen molar-refractivity contribution < 1.29 is 9.90 Å². The molecule has 1 aliphatic rings. The van der Waals surface area contributed by atoms with Crippen LogP contribution < -0.4 is 4.90 Å². The van der Waals surface area contributed by atoms with Gasteiger partial charge in [-0.2, -0.15) is 0 Å². The minimum absolute atomic E-state index is 0.108. The third kappa shape index (κ3) is 2.32. The van der Waals surface area contributed by atoms with Gasteiger partial charge in [0.25, 0.3) is 0 Å². The Balaban J connectivity index is 2.27. The van der Waals surface area contributed by atoms with Crippen LogP contribution in [0, 0.1) is 0 Å². The molecule has 1 fully saturated rings. The van der Waals surface area contributed by atoms with Gasteiger partial charge in [0.1, 0.15) is 0 Å². The van der Waals surface area contributed by atoms with E-state index in [0.29, 0.717) is 28.7 Å². The molecule has 16 heavy (non-hydrogen) atoms. The molecule has 0 saturated carbocycles. The topological polar surface area (TPSA) is 40.5 Å². The number of nitrogens with zero attached hydrogens (tertiary/aromatic N) is 1. The molecule has 1 aromatic rings. The second kappa shape index (κ2) is 4.62. The number of amides is 1. The fraction of sp³-hybridized carbons (Fsp3) is 0.364. The van der Waals surface area contributed by atoms with Gasteiger partial charge in [-0.15, -0.1) is 0 Å². The van der Waals surface area contributed by atoms with Crippen LogP contribution in [0.4, 0.5) is 5.69 Å². The second-order valence-electron chi connectivity index (χ2n) is 3.79. The molecule has 1 aromatic carbocycles. The van der Waals surface area contributed by atoms with Crippen LogP contribution in [0.15, 0.2) is 18.2 Å². The summed E-state index contributed by atoms with van der Waals surface area (Å²) in [5.74, 6) is -0.108. The van der Waals surface area contributed by atoms with E-state index in [-0.39, 0.29) is 12.3 Å². The van der Waals surface area contributed by atoms with Crippen molar-refractivity contribution in [2.45, 2.75) is 18.9 Å². The molecule has 2 rings (SSSR count). The average molecular weight is 260 g/mol. The van der Waals surface area contributed by atoms with Crippen molar-refractivity contribution in [3.63, 3.8) is 0 Å². The minimum Gasteiger partial charge on any atom is -0.393 e. The maximum absolute atomic E-state index is 11.7. The standard InChI is InChI=1S/C11H11Cl2NO2/c12-7-1-2-10(9(13)5-7)14-4-3-8(15)6-11(14)16/h1-2,5,8,15H,3-4,6H2. The van der Waals surface area contributed by atoms with E-state index in [4.69, 9.17) is 23.2 Å². The molecule has 86 valence electrons. The maximum Gasteiger partial charge on any atom is 0.229 e. The van der Waals surface area contributed by atoms with E-state index < -0.39 is 6.10 Å². The Bertz CT molecular complexity index is 422. The van der Waals surface area contributed by atoms with E-state index in [9.17, 15) is 9.90 Å². The number of halogens is 2. The largest absolute Gasteiger partial charge is 0.393 e. The Morgan fingerprint density at radius 3 is 2.75 bits per heavy atom. The number of aliphatic hydroxyl groups is 1. The molecule has 1 unspecified atom stereocenters. The van der Waals surface area contributed by atoms with Crippen LogP contribution in [0.5, 0.6) is 0 Å². The highest BCUT2D eigenvalue weighted by molar-refractivity contribution is 6.36. The molecule has 0 radical (unpaired) electrons. The number of rotatable bonds is 1. The summed E-state index contributed by atoms with van der Waals surface area (Å²) >= 11 is 11.8. The van der Waals surface area contributed by atoms with Gasteiger partial charge in [0.05, 0.1) is 23.2 Å². The molecule has 1 atom stereocenters. The van der Waals surface area contributed by atoms with Gasteiger partial charge in [0.2, 0.25) is 5.91 Å². The quantitative estimate of drug-likeness (QED) is 0.842. The molecule has 1 saturated heterocycles. The average Bonchev–Trinajstić information content (AvgIpc) is 2.19. The van der Waals surface area contributed by atoms with Crippen LogP contribution in [0.25, 0.3) is 0 Å². The minimum atomic E-state index is -0.533. The molecule has 0 spiro atoms. The molecule has 3 nitrogen and oxygen atoms in total. The number of piperidine rings is 1. The van der Waals surface area contributed by atoms with E-state index >= 15 is 0 Å². The Morgan fingerprint density at radius 2 is 2.12 bits per heavy atom. The highest BCUT2D eigenvalue weighted by atomic mass is 35.5. The maximum atomic E-state index is 11.7. The van der Waals surface area contributed by atoms with Gasteiger partial charge in [-0.05, 0) is 24.6 Å². The third-order valence-electron chi connectivity index (χ3n) is 2.60. The predicted molar refractivity (Wildman–Crippen MR) is 64.1 cm³/mol. The van der Waals surface area contributed by atoms with Gasteiger partial charge in [0.15, 0.2) is 0 Å². The van der Waals surface area contributed by atoms with Crippen molar-refractivity contribution in [1.82, 2.24) is 0 Å². The smallest absolute Gasteiger partial charge is 0.229 e. The first-order chi connectivity index (χ1) is 7.58. The van der Waals surface area contributed by atoms with Crippen molar-refractivity contribution in [3.8, 4) is 0 Å². The molecule has 1 aliphatic heterocycles. The fourth-order valence-electron chi connectivity index (χ4n) is 1.77. The zero-order chi connectivity index (χ0) is 11.7. The lowest BCUT2D eigenvalue weighted by Crippen LogP contribution is -2.40. The Kier molecular flexibility index (Phi) is 3.38. The lowest BCUT2D eigenvalue weighted by Gasteiger charge is -2.30. The summed E-state index contributed by atoms with van der Waals surface area (Å²) < 4.78 is 0. The number of carbonyl (C=O) groups excluding carboxylic acids is 1. The van der Waals surface area contributed by atoms with Gasteiger partial charge in [0, 0.05) is 11.6 Å². The lowest BCUT2D eigenvalue weighted by atomic mass is 10.1. The SMILES string of the molecule is O=C1CC(O)CCN1c1ccc(Cl)cc1Cl. The first kappa shape index (κ1) is 11.7. The first-order valence-corrected chi connectivity index (χ1v) is 5.77. The number of aliphatic hydroxyl groups excluding tert-OH is 1. The van der Waals surface area contributed by atoms with Gasteiger partial charge in [-0.1, -0.05) is 23.2 Å². The summed E-state index contributed by atoms with van der Waals surface area (Å²) in [4.78, 5) is 13.3. The molecule has 1 amide bonds. The van der Waals surface area contributed by atoms with E-state index in [0.717, 1.165) is 0 Å². The van der Waals surface area contributed by atoms with Crippen molar-refractivity contribution in [2.75, 3.05) is 11.4 Å². The Hall–Kier alpha value is -0.770. The van der Waals surface area contributed by atoms with Gasteiger partial charge >= 0.3 is 0 Å². The number of hydrogen-bond acceptors (Lipinski definition) is 2. The monoisotopic (exact) mass is 259 g/mol. The summed E-state index contributed by atoms with van der Waals surface area (Å²) in [5.41, 5.74) is 0.656. The summed E-state index contributed by atoms with van der Waals surface area (Å²) in [7, 11) is 0. The van der Waals surface area contributed by atoms with Crippen LogP contribution in [0.3, 0.4) is 0 Å². The molecular formula is C11H11Cl2NO2. The molecule has 1 heterocycles. The van der Waals surface area contributed by atoms with E-state index in [2.05, 4.69) is 0 Å². The van der Waals surface area contributed by atoms with Crippen LogP contribution >= 0.6 is 23.2 Å². The summed E-state index contributed by atoms with van der Waals surface area (Å²) in [5, 5.41) is 10.4. The molecule has 0 aliphatic carbocycles. The van der Waals surface area contributed by atoms with Crippen molar-refractivity contribution in [2.24, 2.45) is 0 Å². The van der Waals surface area contributed by atoms with E-state index in [1.165, 1.54) is 0 Å². The van der Waals surface area contributed by atoms with Crippen molar-refractivity contribution >= 4 is 34.8 Å². The molecular weight excluding hydrogens is 249 g/mol. The van der Waals surface area contributed by atoms with Gasteiger partial charge in [-0.3, -0.25) is 4.79 Å². The Morgan fingerprint density at radius 1 is 1.38 bits per heavy atom. The Labute approximate surface area is 104 Å². The normalized spacial score (nSPS) is 21.3. The lowest BCUT2D eigenvalue weighted by molar-refractivity contribution is -0.122. The predicted octanol–water partition coefficient (Wildman–Crippen LogP) is 2.48. The number of carbonyl (C=O) groups is 1. The van der Waals surface area contributed by atoms with Crippen LogP contribution in [0.2, 0.25) is 10.0 Å². The van der Waals surface area contributed by atoms with Crippen molar-refractivity contribution in [1.29, 1.82) is 0 Å². The molecule has 0 aromatic heterocycles.